The number of carbonyl (C=O) groups is 2. The van der Waals surface area contributed by atoms with Crippen LogP contribution in [0.15, 0.2) is 0 Å². The second-order valence-corrected chi connectivity index (χ2v) is 10.0. The quantitative estimate of drug-likeness (QED) is 0.0838. The van der Waals surface area contributed by atoms with Gasteiger partial charge in [-0.05, 0) is 25.7 Å². The molecule has 0 N–H and O–H groups in total. The maximum atomic E-state index is 10.2. The average molecular weight is 538 g/mol. The molecule has 0 rings (SSSR count). The Hall–Kier alpha value is -0.541. The van der Waals surface area contributed by atoms with Gasteiger partial charge in [-0.2, -0.15) is 0 Å². The molecule has 0 heterocycles. The van der Waals surface area contributed by atoms with Gasteiger partial charge in [0.15, 0.2) is 0 Å². The van der Waals surface area contributed by atoms with E-state index in [1.165, 1.54) is 128 Å². The number of carboxylic acid groups (broad SMARTS) is 2. The Bertz CT molecular complexity index is 377. The third-order valence-electron chi connectivity index (χ3n) is 6.47. The van der Waals surface area contributed by atoms with Crippen LogP contribution in [-0.4, -0.2) is 11.9 Å². The molecule has 209 valence electrons. The second kappa shape index (κ2) is 35.6. The van der Waals surface area contributed by atoms with E-state index in [0.717, 1.165) is 25.7 Å². The molecule has 0 aromatic carbocycles. The van der Waals surface area contributed by atoms with Gasteiger partial charge in [0.25, 0.3) is 0 Å². The van der Waals surface area contributed by atoms with Crippen molar-refractivity contribution in [1.82, 2.24) is 0 Å². The fraction of sp³-hybridized carbons (Fsp3) is 0.933. The predicted octanol–water partition coefficient (Wildman–Crippen LogP) is 7.65. The van der Waals surface area contributed by atoms with Crippen LogP contribution in [-0.2, 0) is 26.7 Å². The Kier molecular flexibility index (Phi) is 39.7. The van der Waals surface area contributed by atoms with Gasteiger partial charge in [-0.3, -0.25) is 0 Å². The van der Waals surface area contributed by atoms with Crippen molar-refractivity contribution in [2.24, 2.45) is 0 Å². The summed E-state index contributed by atoms with van der Waals surface area (Å²) < 4.78 is 0. The van der Waals surface area contributed by atoms with E-state index in [1.807, 2.05) is 0 Å². The molecule has 0 aromatic heterocycles. The van der Waals surface area contributed by atoms with E-state index in [2.05, 4.69) is 13.8 Å². The molecule has 4 nitrogen and oxygen atoms in total. The zero-order valence-corrected chi connectivity index (χ0v) is 24.6. The molecule has 1 radical (unpaired) electrons. The Morgan fingerprint density at radius 3 is 0.714 bits per heavy atom. The van der Waals surface area contributed by atoms with Crippen LogP contribution in [0, 0.1) is 0 Å². The normalized spacial score (nSPS) is 10.3. The summed E-state index contributed by atoms with van der Waals surface area (Å²) in [6.07, 6.45) is 31.0. The fourth-order valence-corrected chi connectivity index (χ4v) is 4.22. The molecule has 5 heteroatoms. The van der Waals surface area contributed by atoms with Crippen molar-refractivity contribution in [3.05, 3.63) is 0 Å². The van der Waals surface area contributed by atoms with Crippen LogP contribution < -0.4 is 10.2 Å². The second-order valence-electron chi connectivity index (χ2n) is 10.0. The standard InChI is InChI=1S/2C15H30O2.Mn/c2*1-2-3-4-5-6-7-8-9-10-11-12-13-14-15(16)17;/h2*2-14H2,1H3,(H,16,17);/q;;+2/p-2. The number of unbranched alkanes of at least 4 members (excludes halogenated alkanes) is 22. The van der Waals surface area contributed by atoms with Crippen molar-refractivity contribution in [3.63, 3.8) is 0 Å². The number of carbonyl (C=O) groups excluding carboxylic acids is 2. The molecule has 0 saturated carbocycles. The Morgan fingerprint density at radius 1 is 0.371 bits per heavy atom. The van der Waals surface area contributed by atoms with Gasteiger partial charge in [0.1, 0.15) is 0 Å². The monoisotopic (exact) mass is 537 g/mol. The van der Waals surface area contributed by atoms with Crippen LogP contribution >= 0.6 is 0 Å². The van der Waals surface area contributed by atoms with E-state index in [1.54, 1.807) is 0 Å². The minimum absolute atomic E-state index is 0. The summed E-state index contributed by atoms with van der Waals surface area (Å²) in [7, 11) is 0. The molecule has 0 spiro atoms. The molecule has 35 heavy (non-hydrogen) atoms. The summed E-state index contributed by atoms with van der Waals surface area (Å²) in [6, 6.07) is 0. The zero-order valence-electron chi connectivity index (χ0n) is 23.4. The van der Waals surface area contributed by atoms with Crippen molar-refractivity contribution in [2.75, 3.05) is 0 Å². The summed E-state index contributed by atoms with van der Waals surface area (Å²) in [4.78, 5) is 20.3. The molecule has 0 bridgehead atoms. The Labute approximate surface area is 229 Å². The fourth-order valence-electron chi connectivity index (χ4n) is 4.22. The van der Waals surface area contributed by atoms with E-state index < -0.39 is 11.9 Å². The van der Waals surface area contributed by atoms with Gasteiger partial charge >= 0.3 is 17.1 Å². The maximum Gasteiger partial charge on any atom is 2.00 e. The molecule has 0 aliphatic heterocycles. The zero-order chi connectivity index (χ0) is 25.5. The average Bonchev–Trinajstić information content (AvgIpc) is 2.80. The van der Waals surface area contributed by atoms with Crippen molar-refractivity contribution >= 4 is 11.9 Å². The molecule has 0 atom stereocenters. The molecule has 0 fully saturated rings. The maximum absolute atomic E-state index is 10.2. The Balaban J connectivity index is -0.000000569. The SMILES string of the molecule is CCCCCCCCCCCCCCC(=O)[O-].CCCCCCCCCCCCCCC(=O)[O-].[Mn+2]. The summed E-state index contributed by atoms with van der Waals surface area (Å²) >= 11 is 0. The van der Waals surface area contributed by atoms with Gasteiger partial charge in [0, 0.05) is 11.9 Å². The first kappa shape index (κ1) is 39.0. The van der Waals surface area contributed by atoms with Crippen LogP contribution in [0.5, 0.6) is 0 Å². The van der Waals surface area contributed by atoms with Crippen LogP contribution in [0.1, 0.15) is 181 Å². The molecule has 0 saturated heterocycles. The third kappa shape index (κ3) is 43.9. The number of rotatable bonds is 26. The molecule has 0 aromatic rings. The van der Waals surface area contributed by atoms with Crippen molar-refractivity contribution in [2.45, 2.75) is 181 Å². The van der Waals surface area contributed by atoms with E-state index in [-0.39, 0.29) is 29.9 Å². The smallest absolute Gasteiger partial charge is 0.550 e. The minimum atomic E-state index is -0.905. The first-order valence-corrected chi connectivity index (χ1v) is 14.9. The van der Waals surface area contributed by atoms with Crippen molar-refractivity contribution in [3.8, 4) is 0 Å². The number of hydrogen-bond donors (Lipinski definition) is 0. The number of carboxylic acids is 2. The molecule has 0 aliphatic rings. The van der Waals surface area contributed by atoms with Crippen LogP contribution in [0.2, 0.25) is 0 Å². The molecule has 0 amide bonds. The van der Waals surface area contributed by atoms with Gasteiger partial charge in [0.05, 0.1) is 0 Å². The first-order valence-electron chi connectivity index (χ1n) is 14.9. The summed E-state index contributed by atoms with van der Waals surface area (Å²) in [5.41, 5.74) is 0. The first-order chi connectivity index (χ1) is 16.5. The van der Waals surface area contributed by atoms with Crippen molar-refractivity contribution < 1.29 is 36.9 Å². The van der Waals surface area contributed by atoms with Crippen LogP contribution in [0.3, 0.4) is 0 Å². The predicted molar refractivity (Wildman–Crippen MR) is 141 cm³/mol. The molecule has 0 aliphatic carbocycles. The van der Waals surface area contributed by atoms with Crippen molar-refractivity contribution in [1.29, 1.82) is 0 Å². The number of aliphatic carboxylic acids is 2. The van der Waals surface area contributed by atoms with Crippen LogP contribution in [0.25, 0.3) is 0 Å². The summed E-state index contributed by atoms with van der Waals surface area (Å²) in [5, 5.41) is 20.3. The van der Waals surface area contributed by atoms with E-state index >= 15 is 0 Å². The molecular formula is C30H58MnO4. The van der Waals surface area contributed by atoms with E-state index in [9.17, 15) is 19.8 Å². The Morgan fingerprint density at radius 2 is 0.543 bits per heavy atom. The summed E-state index contributed by atoms with van der Waals surface area (Å²) in [6.45, 7) is 4.50. The summed E-state index contributed by atoms with van der Waals surface area (Å²) in [5.74, 6) is -1.81. The van der Waals surface area contributed by atoms with Gasteiger partial charge in [-0.15, -0.1) is 0 Å². The largest absolute Gasteiger partial charge is 2.00 e. The number of hydrogen-bond acceptors (Lipinski definition) is 4. The van der Waals surface area contributed by atoms with E-state index in [0.29, 0.717) is 0 Å². The molecule has 0 unspecified atom stereocenters. The van der Waals surface area contributed by atoms with Gasteiger partial charge < -0.3 is 19.8 Å². The van der Waals surface area contributed by atoms with Gasteiger partial charge in [-0.1, -0.05) is 155 Å². The van der Waals surface area contributed by atoms with E-state index in [4.69, 9.17) is 0 Å². The molecular weight excluding hydrogens is 479 g/mol. The topological polar surface area (TPSA) is 80.3 Å². The van der Waals surface area contributed by atoms with Crippen LogP contribution in [0.4, 0.5) is 0 Å². The van der Waals surface area contributed by atoms with Gasteiger partial charge in [0.2, 0.25) is 0 Å². The van der Waals surface area contributed by atoms with Gasteiger partial charge in [-0.25, -0.2) is 0 Å². The third-order valence-corrected chi connectivity index (χ3v) is 6.47. The minimum Gasteiger partial charge on any atom is -0.550 e.